The van der Waals surface area contributed by atoms with Crippen molar-refractivity contribution in [3.8, 4) is 11.5 Å². The SMILES string of the molecule is COc1cc(/C=C/C(=O)OCC(=O)NCCC(C)C)cc(OC)c1. The molecule has 0 fully saturated rings. The third kappa shape index (κ3) is 7.67. The standard InChI is InChI=1S/C18H25NO5/c1-13(2)7-8-19-17(20)12-24-18(21)6-5-14-9-15(22-3)11-16(10-14)23-4/h5-6,9-11,13H,7-8,12H2,1-4H3,(H,19,20)/b6-5+. The van der Waals surface area contributed by atoms with Gasteiger partial charge in [0.15, 0.2) is 6.61 Å². The summed E-state index contributed by atoms with van der Waals surface area (Å²) in [6, 6.07) is 5.24. The van der Waals surface area contributed by atoms with Gasteiger partial charge in [-0.1, -0.05) is 13.8 Å². The van der Waals surface area contributed by atoms with Gasteiger partial charge in [-0.2, -0.15) is 0 Å². The van der Waals surface area contributed by atoms with E-state index in [-0.39, 0.29) is 12.5 Å². The lowest BCUT2D eigenvalue weighted by Crippen LogP contribution is -2.29. The van der Waals surface area contributed by atoms with Gasteiger partial charge in [0, 0.05) is 18.7 Å². The molecule has 0 aliphatic carbocycles. The smallest absolute Gasteiger partial charge is 0.331 e. The van der Waals surface area contributed by atoms with E-state index in [9.17, 15) is 9.59 Å². The normalized spacial score (nSPS) is 10.7. The molecule has 0 aliphatic rings. The zero-order chi connectivity index (χ0) is 17.9. The second-order valence-corrected chi connectivity index (χ2v) is 5.62. The van der Waals surface area contributed by atoms with E-state index in [4.69, 9.17) is 14.2 Å². The van der Waals surface area contributed by atoms with Crippen LogP contribution >= 0.6 is 0 Å². The summed E-state index contributed by atoms with van der Waals surface area (Å²) in [6.45, 7) is 4.44. The summed E-state index contributed by atoms with van der Waals surface area (Å²) < 4.78 is 15.2. The second-order valence-electron chi connectivity index (χ2n) is 5.62. The first-order valence-corrected chi connectivity index (χ1v) is 7.79. The largest absolute Gasteiger partial charge is 0.497 e. The summed E-state index contributed by atoms with van der Waals surface area (Å²) in [5, 5.41) is 2.70. The van der Waals surface area contributed by atoms with Crippen molar-refractivity contribution >= 4 is 18.0 Å². The number of hydrogen-bond donors (Lipinski definition) is 1. The first-order valence-electron chi connectivity index (χ1n) is 7.79. The zero-order valence-corrected chi connectivity index (χ0v) is 14.6. The zero-order valence-electron chi connectivity index (χ0n) is 14.6. The number of hydrogen-bond acceptors (Lipinski definition) is 5. The number of methoxy groups -OCH3 is 2. The van der Waals surface area contributed by atoms with Crippen LogP contribution in [0.15, 0.2) is 24.3 Å². The lowest BCUT2D eigenvalue weighted by Gasteiger charge is -2.07. The topological polar surface area (TPSA) is 73.9 Å². The number of rotatable bonds is 9. The maximum atomic E-state index is 11.7. The molecule has 6 nitrogen and oxygen atoms in total. The highest BCUT2D eigenvalue weighted by molar-refractivity contribution is 5.89. The van der Waals surface area contributed by atoms with E-state index in [0.29, 0.717) is 24.0 Å². The van der Waals surface area contributed by atoms with Crippen molar-refractivity contribution in [3.05, 3.63) is 29.8 Å². The molecule has 1 amide bonds. The van der Waals surface area contributed by atoms with Gasteiger partial charge >= 0.3 is 5.97 Å². The number of nitrogens with one attached hydrogen (secondary N) is 1. The minimum absolute atomic E-state index is 0.289. The first kappa shape index (κ1) is 19.5. The number of benzene rings is 1. The Bertz CT molecular complexity index is 559. The Morgan fingerprint density at radius 2 is 1.75 bits per heavy atom. The Balaban J connectivity index is 2.47. The van der Waals surface area contributed by atoms with Crippen LogP contribution < -0.4 is 14.8 Å². The van der Waals surface area contributed by atoms with Crippen LogP contribution in [0.5, 0.6) is 11.5 Å². The van der Waals surface area contributed by atoms with E-state index >= 15 is 0 Å². The van der Waals surface area contributed by atoms with E-state index in [1.54, 1.807) is 38.5 Å². The summed E-state index contributed by atoms with van der Waals surface area (Å²) >= 11 is 0. The van der Waals surface area contributed by atoms with Crippen molar-refractivity contribution in [1.29, 1.82) is 0 Å². The van der Waals surface area contributed by atoms with Gasteiger partial charge in [0.1, 0.15) is 11.5 Å². The molecule has 0 bridgehead atoms. The fourth-order valence-corrected chi connectivity index (χ4v) is 1.83. The van der Waals surface area contributed by atoms with Crippen LogP contribution in [0.2, 0.25) is 0 Å². The molecular formula is C18H25NO5. The molecule has 0 spiro atoms. The van der Waals surface area contributed by atoms with Crippen molar-refractivity contribution in [2.45, 2.75) is 20.3 Å². The monoisotopic (exact) mass is 335 g/mol. The van der Waals surface area contributed by atoms with E-state index in [2.05, 4.69) is 19.2 Å². The summed E-state index contributed by atoms with van der Waals surface area (Å²) in [6.07, 6.45) is 3.72. The molecule has 1 N–H and O–H groups in total. The maximum Gasteiger partial charge on any atom is 0.331 e. The number of ether oxygens (including phenoxy) is 3. The fraction of sp³-hybridized carbons (Fsp3) is 0.444. The molecule has 0 unspecified atom stereocenters. The lowest BCUT2D eigenvalue weighted by atomic mass is 10.1. The third-order valence-electron chi connectivity index (χ3n) is 3.18. The van der Waals surface area contributed by atoms with Crippen LogP contribution in [0, 0.1) is 5.92 Å². The third-order valence-corrected chi connectivity index (χ3v) is 3.18. The molecule has 0 atom stereocenters. The summed E-state index contributed by atoms with van der Waals surface area (Å²) in [4.78, 5) is 23.2. The van der Waals surface area contributed by atoms with Crippen LogP contribution in [0.25, 0.3) is 6.08 Å². The van der Waals surface area contributed by atoms with Gasteiger partial charge in [0.2, 0.25) is 0 Å². The Kier molecular flexibility index (Phi) is 8.39. The Morgan fingerprint density at radius 3 is 2.29 bits per heavy atom. The van der Waals surface area contributed by atoms with Gasteiger partial charge in [-0.05, 0) is 36.1 Å². The summed E-state index contributed by atoms with van der Waals surface area (Å²) in [5.74, 6) is 0.852. The van der Waals surface area contributed by atoms with Gasteiger partial charge in [-0.25, -0.2) is 4.79 Å². The van der Waals surface area contributed by atoms with Gasteiger partial charge in [-0.15, -0.1) is 0 Å². The Hall–Kier alpha value is -2.50. The molecule has 1 aromatic carbocycles. The van der Waals surface area contributed by atoms with Crippen molar-refractivity contribution in [2.24, 2.45) is 5.92 Å². The first-order chi connectivity index (χ1) is 11.4. The number of carbonyl (C=O) groups excluding carboxylic acids is 2. The maximum absolute atomic E-state index is 11.7. The quantitative estimate of drug-likeness (QED) is 0.554. The molecule has 24 heavy (non-hydrogen) atoms. The van der Waals surface area contributed by atoms with E-state index < -0.39 is 5.97 Å². The highest BCUT2D eigenvalue weighted by atomic mass is 16.5. The van der Waals surface area contributed by atoms with Crippen LogP contribution in [0.1, 0.15) is 25.8 Å². The minimum atomic E-state index is -0.587. The fourth-order valence-electron chi connectivity index (χ4n) is 1.83. The van der Waals surface area contributed by atoms with Crippen molar-refractivity contribution < 1.29 is 23.8 Å². The highest BCUT2D eigenvalue weighted by Gasteiger charge is 2.05. The van der Waals surface area contributed by atoms with Crippen molar-refractivity contribution in [3.63, 3.8) is 0 Å². The van der Waals surface area contributed by atoms with Crippen LogP contribution in [-0.4, -0.2) is 39.2 Å². The Morgan fingerprint density at radius 1 is 1.12 bits per heavy atom. The molecule has 6 heteroatoms. The summed E-state index contributed by atoms with van der Waals surface area (Å²) in [7, 11) is 3.10. The molecule has 0 saturated heterocycles. The minimum Gasteiger partial charge on any atom is -0.497 e. The van der Waals surface area contributed by atoms with Crippen LogP contribution in [0.3, 0.4) is 0 Å². The van der Waals surface area contributed by atoms with Gasteiger partial charge < -0.3 is 19.5 Å². The summed E-state index contributed by atoms with van der Waals surface area (Å²) in [5.41, 5.74) is 0.726. The van der Waals surface area contributed by atoms with Gasteiger partial charge in [-0.3, -0.25) is 4.79 Å². The Labute approximate surface area is 142 Å². The predicted octanol–water partition coefficient (Wildman–Crippen LogP) is 2.42. The van der Waals surface area contributed by atoms with Crippen LogP contribution in [-0.2, 0) is 14.3 Å². The van der Waals surface area contributed by atoms with Crippen molar-refractivity contribution in [1.82, 2.24) is 5.32 Å². The average Bonchev–Trinajstić information content (AvgIpc) is 2.57. The molecule has 0 aliphatic heterocycles. The number of carbonyl (C=O) groups is 2. The molecule has 0 radical (unpaired) electrons. The molecule has 132 valence electrons. The van der Waals surface area contributed by atoms with Crippen molar-refractivity contribution in [2.75, 3.05) is 27.4 Å². The molecule has 0 saturated carbocycles. The lowest BCUT2D eigenvalue weighted by molar-refractivity contribution is -0.143. The van der Waals surface area contributed by atoms with E-state index in [0.717, 1.165) is 12.0 Å². The van der Waals surface area contributed by atoms with Gasteiger partial charge in [0.25, 0.3) is 5.91 Å². The number of amides is 1. The number of esters is 1. The highest BCUT2D eigenvalue weighted by Crippen LogP contribution is 2.23. The van der Waals surface area contributed by atoms with E-state index in [1.807, 2.05) is 0 Å². The predicted molar refractivity (Wildman–Crippen MR) is 92.0 cm³/mol. The van der Waals surface area contributed by atoms with E-state index in [1.165, 1.54) is 6.08 Å². The molecular weight excluding hydrogens is 310 g/mol. The van der Waals surface area contributed by atoms with Gasteiger partial charge in [0.05, 0.1) is 14.2 Å². The molecule has 1 aromatic rings. The van der Waals surface area contributed by atoms with Crippen LogP contribution in [0.4, 0.5) is 0 Å². The molecule has 0 heterocycles. The molecule has 1 rings (SSSR count). The molecule has 0 aromatic heterocycles. The second kappa shape index (κ2) is 10.3. The average molecular weight is 335 g/mol.